The van der Waals surface area contributed by atoms with E-state index in [0.29, 0.717) is 6.54 Å². The summed E-state index contributed by atoms with van der Waals surface area (Å²) in [5, 5.41) is 3.21. The highest BCUT2D eigenvalue weighted by Crippen LogP contribution is 2.15. The summed E-state index contributed by atoms with van der Waals surface area (Å²) in [4.78, 5) is 18.3. The topological polar surface area (TPSA) is 45.2 Å². The van der Waals surface area contributed by atoms with Crippen LogP contribution in [0, 0.1) is 6.92 Å². The van der Waals surface area contributed by atoms with Gasteiger partial charge < -0.3 is 10.2 Å². The lowest BCUT2D eigenvalue weighted by molar-refractivity contribution is -0.129. The molecule has 1 N–H and O–H groups in total. The van der Waals surface area contributed by atoms with Crippen molar-refractivity contribution < 1.29 is 4.79 Å². The third-order valence-corrected chi connectivity index (χ3v) is 3.21. The van der Waals surface area contributed by atoms with Crippen molar-refractivity contribution >= 4 is 5.91 Å². The summed E-state index contributed by atoms with van der Waals surface area (Å²) in [5.74, 6) is 0.205. The fraction of sp³-hybridized carbons (Fsp3) is 0.538. The zero-order chi connectivity index (χ0) is 12.3. The Bertz CT molecular complexity index is 405. The van der Waals surface area contributed by atoms with Crippen LogP contribution in [0.25, 0.3) is 0 Å². The van der Waals surface area contributed by atoms with Gasteiger partial charge in [-0.3, -0.25) is 9.78 Å². The van der Waals surface area contributed by atoms with Gasteiger partial charge in [0.1, 0.15) is 0 Å². The average Bonchev–Trinajstić information content (AvgIpc) is 2.65. The van der Waals surface area contributed by atoms with Crippen LogP contribution in [0.3, 0.4) is 0 Å². The van der Waals surface area contributed by atoms with E-state index >= 15 is 0 Å². The van der Waals surface area contributed by atoms with Gasteiger partial charge in [0.05, 0.1) is 18.3 Å². The monoisotopic (exact) mass is 233 g/mol. The second-order valence-corrected chi connectivity index (χ2v) is 4.43. The molecule has 2 rings (SSSR count). The Labute approximate surface area is 102 Å². The number of nitrogens with one attached hydrogen (secondary N) is 1. The van der Waals surface area contributed by atoms with E-state index < -0.39 is 0 Å². The van der Waals surface area contributed by atoms with Gasteiger partial charge in [0.25, 0.3) is 0 Å². The van der Waals surface area contributed by atoms with Crippen LogP contribution in [0.1, 0.15) is 24.6 Å². The third-order valence-electron chi connectivity index (χ3n) is 3.21. The molecule has 0 aliphatic carbocycles. The first-order chi connectivity index (χ1) is 8.22. The summed E-state index contributed by atoms with van der Waals surface area (Å²) in [7, 11) is 0. The number of aromatic nitrogens is 1. The van der Waals surface area contributed by atoms with Crippen molar-refractivity contribution in [3.63, 3.8) is 0 Å². The summed E-state index contributed by atoms with van der Waals surface area (Å²) in [6, 6.07) is 3.96. The maximum Gasteiger partial charge on any atom is 0.240 e. The highest BCUT2D eigenvalue weighted by molar-refractivity contribution is 5.83. The second kappa shape index (κ2) is 5.27. The van der Waals surface area contributed by atoms with Gasteiger partial charge in [-0.2, -0.15) is 0 Å². The molecule has 17 heavy (non-hydrogen) atoms. The second-order valence-electron chi connectivity index (χ2n) is 4.43. The number of likely N-dealkylation sites (tertiary alicyclic amines) is 1. The lowest BCUT2D eigenvalue weighted by Gasteiger charge is -2.17. The fourth-order valence-corrected chi connectivity index (χ4v) is 2.20. The lowest BCUT2D eigenvalue weighted by Crippen LogP contribution is -2.38. The van der Waals surface area contributed by atoms with E-state index in [2.05, 4.69) is 10.3 Å². The quantitative estimate of drug-likeness (QED) is 0.847. The molecule has 1 aliphatic rings. The molecule has 1 amide bonds. The number of pyridine rings is 1. The first-order valence-electron chi connectivity index (χ1n) is 6.15. The van der Waals surface area contributed by atoms with Gasteiger partial charge in [0.15, 0.2) is 0 Å². The standard InChI is InChI=1S/C13H19N3O/c1-3-14-11-6-8-16(13(11)17)9-12-10(2)5-4-7-15-12/h4-5,7,11,14H,3,6,8-9H2,1-2H3. The summed E-state index contributed by atoms with van der Waals surface area (Å²) in [6.45, 7) is 6.36. The van der Waals surface area contributed by atoms with Crippen molar-refractivity contribution in [2.24, 2.45) is 0 Å². The molecule has 2 heterocycles. The number of carbonyl (C=O) groups is 1. The third kappa shape index (κ3) is 2.64. The van der Waals surface area contributed by atoms with Crippen molar-refractivity contribution in [2.75, 3.05) is 13.1 Å². The molecular formula is C13H19N3O. The smallest absolute Gasteiger partial charge is 0.240 e. The van der Waals surface area contributed by atoms with E-state index in [-0.39, 0.29) is 11.9 Å². The molecule has 1 unspecified atom stereocenters. The van der Waals surface area contributed by atoms with Crippen LogP contribution < -0.4 is 5.32 Å². The number of hydrogen-bond acceptors (Lipinski definition) is 3. The van der Waals surface area contributed by atoms with Gasteiger partial charge in [-0.25, -0.2) is 0 Å². The number of nitrogens with zero attached hydrogens (tertiary/aromatic N) is 2. The highest BCUT2D eigenvalue weighted by Gasteiger charge is 2.30. The van der Waals surface area contributed by atoms with Gasteiger partial charge in [-0.1, -0.05) is 13.0 Å². The molecule has 4 nitrogen and oxygen atoms in total. The maximum absolute atomic E-state index is 12.0. The minimum atomic E-state index is 0.00372. The SMILES string of the molecule is CCNC1CCN(Cc2ncccc2C)C1=O. The first kappa shape index (κ1) is 12.0. The summed E-state index contributed by atoms with van der Waals surface area (Å²) in [6.07, 6.45) is 2.68. The Kier molecular flexibility index (Phi) is 3.74. The molecule has 0 aromatic carbocycles. The van der Waals surface area contributed by atoms with Gasteiger partial charge in [0.2, 0.25) is 5.91 Å². The van der Waals surface area contributed by atoms with E-state index in [1.54, 1.807) is 6.20 Å². The number of carbonyl (C=O) groups excluding carboxylic acids is 1. The van der Waals surface area contributed by atoms with Crippen molar-refractivity contribution in [3.05, 3.63) is 29.6 Å². The Morgan fingerprint density at radius 1 is 1.59 bits per heavy atom. The molecule has 1 saturated heterocycles. The zero-order valence-corrected chi connectivity index (χ0v) is 10.4. The van der Waals surface area contributed by atoms with Gasteiger partial charge >= 0.3 is 0 Å². The molecule has 92 valence electrons. The number of aryl methyl sites for hydroxylation is 1. The van der Waals surface area contributed by atoms with E-state index in [1.807, 2.05) is 30.9 Å². The van der Waals surface area contributed by atoms with Crippen LogP contribution in [0.4, 0.5) is 0 Å². The van der Waals surface area contributed by atoms with Crippen molar-refractivity contribution in [2.45, 2.75) is 32.9 Å². The molecule has 0 bridgehead atoms. The van der Waals surface area contributed by atoms with Crippen LogP contribution in [0.15, 0.2) is 18.3 Å². The first-order valence-corrected chi connectivity index (χ1v) is 6.15. The molecule has 1 aromatic rings. The molecule has 4 heteroatoms. The number of hydrogen-bond donors (Lipinski definition) is 1. The predicted molar refractivity (Wildman–Crippen MR) is 66.5 cm³/mol. The normalized spacial score (nSPS) is 20.0. The molecular weight excluding hydrogens is 214 g/mol. The van der Waals surface area contributed by atoms with Crippen LogP contribution in [-0.4, -0.2) is 34.9 Å². The van der Waals surface area contributed by atoms with Crippen LogP contribution in [0.5, 0.6) is 0 Å². The minimum Gasteiger partial charge on any atom is -0.335 e. The summed E-state index contributed by atoms with van der Waals surface area (Å²) in [5.41, 5.74) is 2.14. The Morgan fingerprint density at radius 2 is 2.41 bits per heavy atom. The molecule has 1 aliphatic heterocycles. The Hall–Kier alpha value is -1.42. The average molecular weight is 233 g/mol. The van der Waals surface area contributed by atoms with Crippen molar-refractivity contribution in [1.29, 1.82) is 0 Å². The Balaban J connectivity index is 2.02. The molecule has 0 radical (unpaired) electrons. The summed E-state index contributed by atoms with van der Waals surface area (Å²) >= 11 is 0. The number of amides is 1. The van der Waals surface area contributed by atoms with Crippen molar-refractivity contribution in [3.8, 4) is 0 Å². The summed E-state index contributed by atoms with van der Waals surface area (Å²) < 4.78 is 0. The van der Waals surface area contributed by atoms with Gasteiger partial charge in [0, 0.05) is 12.7 Å². The molecule has 0 spiro atoms. The van der Waals surface area contributed by atoms with Gasteiger partial charge in [-0.05, 0) is 31.5 Å². The van der Waals surface area contributed by atoms with Crippen molar-refractivity contribution in [1.82, 2.24) is 15.2 Å². The molecule has 0 saturated carbocycles. The van der Waals surface area contributed by atoms with Crippen LogP contribution in [0.2, 0.25) is 0 Å². The Morgan fingerprint density at radius 3 is 3.12 bits per heavy atom. The molecule has 1 fully saturated rings. The van der Waals surface area contributed by atoms with Gasteiger partial charge in [-0.15, -0.1) is 0 Å². The van der Waals surface area contributed by atoms with E-state index in [4.69, 9.17) is 0 Å². The maximum atomic E-state index is 12.0. The van der Waals surface area contributed by atoms with E-state index in [0.717, 1.165) is 30.8 Å². The van der Waals surface area contributed by atoms with Crippen LogP contribution in [-0.2, 0) is 11.3 Å². The highest BCUT2D eigenvalue weighted by atomic mass is 16.2. The van der Waals surface area contributed by atoms with E-state index in [1.165, 1.54) is 0 Å². The van der Waals surface area contributed by atoms with E-state index in [9.17, 15) is 4.79 Å². The molecule has 1 atom stereocenters. The molecule has 1 aromatic heterocycles. The fourth-order valence-electron chi connectivity index (χ4n) is 2.20. The number of rotatable bonds is 4. The van der Waals surface area contributed by atoms with Crippen LogP contribution >= 0.6 is 0 Å². The zero-order valence-electron chi connectivity index (χ0n) is 10.4. The largest absolute Gasteiger partial charge is 0.335 e. The lowest BCUT2D eigenvalue weighted by atomic mass is 10.2. The minimum absolute atomic E-state index is 0.00372. The predicted octanol–water partition coefficient (Wildman–Crippen LogP) is 1.10. The number of likely N-dealkylation sites (N-methyl/N-ethyl adjacent to an activating group) is 1.